The average molecular weight is 300 g/mol. The monoisotopic (exact) mass is 299 g/mol. The minimum absolute atomic E-state index is 0.431. The van der Waals surface area contributed by atoms with Crippen LogP contribution in [0.3, 0.4) is 0 Å². The molecular formula is C13H18ClN3OS. The Labute approximate surface area is 122 Å². The second-order valence-corrected chi connectivity index (χ2v) is 6.17. The quantitative estimate of drug-likeness (QED) is 0.886. The molecule has 2 heterocycles. The van der Waals surface area contributed by atoms with E-state index in [1.54, 1.807) is 6.20 Å². The lowest BCUT2D eigenvalue weighted by molar-refractivity contribution is 0.176. The molecule has 104 valence electrons. The molecule has 6 heteroatoms. The van der Waals surface area contributed by atoms with Crippen molar-refractivity contribution >= 4 is 22.9 Å². The highest BCUT2D eigenvalue weighted by molar-refractivity contribution is 7.15. The van der Waals surface area contributed by atoms with Gasteiger partial charge in [-0.05, 0) is 18.9 Å². The summed E-state index contributed by atoms with van der Waals surface area (Å²) in [4.78, 5) is 4.09. The van der Waals surface area contributed by atoms with E-state index in [4.69, 9.17) is 11.6 Å². The van der Waals surface area contributed by atoms with Crippen LogP contribution in [0.4, 0.5) is 0 Å². The predicted octanol–water partition coefficient (Wildman–Crippen LogP) is 3.63. The van der Waals surface area contributed by atoms with E-state index in [1.165, 1.54) is 11.3 Å². The van der Waals surface area contributed by atoms with Crippen molar-refractivity contribution in [2.75, 3.05) is 0 Å². The molecule has 0 aliphatic carbocycles. The van der Waals surface area contributed by atoms with Crippen LogP contribution in [0.15, 0.2) is 18.5 Å². The van der Waals surface area contributed by atoms with Crippen LogP contribution in [0.1, 0.15) is 49.5 Å². The second-order valence-electron chi connectivity index (χ2n) is 4.48. The summed E-state index contributed by atoms with van der Waals surface area (Å²) >= 11 is 7.12. The number of hydrogen-bond donors (Lipinski definition) is 1. The van der Waals surface area contributed by atoms with E-state index in [2.05, 4.69) is 23.9 Å². The number of aromatic nitrogens is 3. The maximum Gasteiger partial charge on any atom is 0.123 e. The molecule has 1 N–H and O–H groups in total. The number of nitrogens with zero attached hydrogens (tertiary/aromatic N) is 3. The van der Waals surface area contributed by atoms with E-state index >= 15 is 0 Å². The first-order chi connectivity index (χ1) is 9.13. The van der Waals surface area contributed by atoms with Gasteiger partial charge in [-0.3, -0.25) is 4.68 Å². The molecule has 2 aromatic heterocycles. The summed E-state index contributed by atoms with van der Waals surface area (Å²) < 4.78 is 2.58. The van der Waals surface area contributed by atoms with E-state index in [0.717, 1.165) is 18.5 Å². The van der Waals surface area contributed by atoms with Crippen molar-refractivity contribution < 1.29 is 5.11 Å². The van der Waals surface area contributed by atoms with Crippen molar-refractivity contribution in [3.05, 3.63) is 33.5 Å². The van der Waals surface area contributed by atoms with Gasteiger partial charge in [0.1, 0.15) is 15.4 Å². The molecule has 19 heavy (non-hydrogen) atoms. The summed E-state index contributed by atoms with van der Waals surface area (Å²) in [5, 5.41) is 15.3. The van der Waals surface area contributed by atoms with Gasteiger partial charge in [-0.25, -0.2) is 4.98 Å². The van der Waals surface area contributed by atoms with Crippen molar-refractivity contribution in [1.82, 2.24) is 14.8 Å². The molecular weight excluding hydrogens is 282 g/mol. The third-order valence-electron chi connectivity index (χ3n) is 3.16. The zero-order valence-electron chi connectivity index (χ0n) is 11.1. The number of thiazole rings is 1. The fourth-order valence-electron chi connectivity index (χ4n) is 2.06. The Hall–Kier alpha value is -0.910. The molecule has 0 bridgehead atoms. The van der Waals surface area contributed by atoms with Gasteiger partial charge in [0, 0.05) is 12.6 Å². The summed E-state index contributed by atoms with van der Waals surface area (Å²) in [5.74, 6) is 0. The van der Waals surface area contributed by atoms with Crippen LogP contribution in [0.25, 0.3) is 0 Å². The SMILES string of the molecule is CCC(CC)n1ccc(CC(O)c2ncc(Cl)s2)n1. The van der Waals surface area contributed by atoms with Gasteiger partial charge in [0.15, 0.2) is 0 Å². The van der Waals surface area contributed by atoms with Crippen LogP contribution in [0, 0.1) is 0 Å². The highest BCUT2D eigenvalue weighted by Crippen LogP contribution is 2.26. The molecule has 1 atom stereocenters. The first-order valence-corrected chi connectivity index (χ1v) is 7.66. The summed E-state index contributed by atoms with van der Waals surface area (Å²) in [6.07, 6.45) is 5.49. The van der Waals surface area contributed by atoms with Crippen molar-refractivity contribution in [2.45, 2.75) is 45.3 Å². The molecule has 2 rings (SSSR count). The van der Waals surface area contributed by atoms with Crippen molar-refractivity contribution in [3.8, 4) is 0 Å². The number of rotatable bonds is 6. The second kappa shape index (κ2) is 6.50. The molecule has 0 radical (unpaired) electrons. The third-order valence-corrected chi connectivity index (χ3v) is 4.38. The fourth-order valence-corrected chi connectivity index (χ4v) is 2.97. The number of aliphatic hydroxyl groups excluding tert-OH is 1. The molecule has 0 aliphatic heterocycles. The largest absolute Gasteiger partial charge is 0.386 e. The van der Waals surface area contributed by atoms with E-state index in [0.29, 0.717) is 21.8 Å². The summed E-state index contributed by atoms with van der Waals surface area (Å²) in [7, 11) is 0. The molecule has 1 unspecified atom stereocenters. The Balaban J connectivity index is 2.03. The maximum absolute atomic E-state index is 10.1. The molecule has 0 aromatic carbocycles. The van der Waals surface area contributed by atoms with Gasteiger partial charge in [0.2, 0.25) is 0 Å². The van der Waals surface area contributed by atoms with Gasteiger partial charge in [0.05, 0.1) is 17.9 Å². The summed E-state index contributed by atoms with van der Waals surface area (Å²) in [5.41, 5.74) is 0.880. The van der Waals surface area contributed by atoms with Crippen molar-refractivity contribution in [2.24, 2.45) is 0 Å². The Bertz CT molecular complexity index is 521. The van der Waals surface area contributed by atoms with E-state index in [-0.39, 0.29) is 0 Å². The highest BCUT2D eigenvalue weighted by atomic mass is 35.5. The number of hydrogen-bond acceptors (Lipinski definition) is 4. The van der Waals surface area contributed by atoms with Crippen LogP contribution < -0.4 is 0 Å². The first kappa shape index (κ1) is 14.5. The van der Waals surface area contributed by atoms with Crippen LogP contribution in [0.5, 0.6) is 0 Å². The minimum Gasteiger partial charge on any atom is -0.386 e. The predicted molar refractivity (Wildman–Crippen MR) is 77.6 cm³/mol. The lowest BCUT2D eigenvalue weighted by Gasteiger charge is -2.12. The highest BCUT2D eigenvalue weighted by Gasteiger charge is 2.15. The Morgan fingerprint density at radius 2 is 2.16 bits per heavy atom. The molecule has 0 amide bonds. The Morgan fingerprint density at radius 1 is 1.42 bits per heavy atom. The molecule has 2 aromatic rings. The first-order valence-electron chi connectivity index (χ1n) is 6.47. The summed E-state index contributed by atoms with van der Waals surface area (Å²) in [6.45, 7) is 4.31. The molecule has 0 saturated heterocycles. The van der Waals surface area contributed by atoms with Crippen LogP contribution >= 0.6 is 22.9 Å². The molecule has 0 spiro atoms. The zero-order chi connectivity index (χ0) is 13.8. The average Bonchev–Trinajstić information content (AvgIpc) is 3.00. The summed E-state index contributed by atoms with van der Waals surface area (Å²) in [6, 6.07) is 2.39. The zero-order valence-corrected chi connectivity index (χ0v) is 12.7. The van der Waals surface area contributed by atoms with Gasteiger partial charge in [0.25, 0.3) is 0 Å². The van der Waals surface area contributed by atoms with Crippen LogP contribution in [0.2, 0.25) is 4.34 Å². The number of halogens is 1. The van der Waals surface area contributed by atoms with E-state index in [1.807, 2.05) is 16.9 Å². The fraction of sp³-hybridized carbons (Fsp3) is 0.538. The minimum atomic E-state index is -0.637. The van der Waals surface area contributed by atoms with E-state index in [9.17, 15) is 5.11 Å². The molecule has 0 saturated carbocycles. The van der Waals surface area contributed by atoms with Crippen molar-refractivity contribution in [3.63, 3.8) is 0 Å². The topological polar surface area (TPSA) is 50.9 Å². The normalized spacial score (nSPS) is 13.1. The number of aliphatic hydroxyl groups is 1. The van der Waals surface area contributed by atoms with Crippen molar-refractivity contribution in [1.29, 1.82) is 0 Å². The Morgan fingerprint density at radius 3 is 2.74 bits per heavy atom. The molecule has 0 fully saturated rings. The third kappa shape index (κ3) is 3.55. The Kier molecular flexibility index (Phi) is 4.96. The molecule has 0 aliphatic rings. The smallest absolute Gasteiger partial charge is 0.123 e. The molecule has 4 nitrogen and oxygen atoms in total. The lowest BCUT2D eigenvalue weighted by atomic mass is 10.2. The van der Waals surface area contributed by atoms with Gasteiger partial charge in [-0.15, -0.1) is 11.3 Å². The standard InChI is InChI=1S/C13H18ClN3OS/c1-3-10(4-2)17-6-5-9(16-17)7-11(18)13-15-8-12(14)19-13/h5-6,8,10-11,18H,3-4,7H2,1-2H3. The van der Waals surface area contributed by atoms with Gasteiger partial charge >= 0.3 is 0 Å². The van der Waals surface area contributed by atoms with Gasteiger partial charge < -0.3 is 5.11 Å². The van der Waals surface area contributed by atoms with E-state index < -0.39 is 6.10 Å². The van der Waals surface area contributed by atoms with Gasteiger partial charge in [-0.2, -0.15) is 5.10 Å². The van der Waals surface area contributed by atoms with Crippen LogP contribution in [-0.2, 0) is 6.42 Å². The van der Waals surface area contributed by atoms with Crippen LogP contribution in [-0.4, -0.2) is 19.9 Å². The lowest BCUT2D eigenvalue weighted by Crippen LogP contribution is -2.09. The maximum atomic E-state index is 10.1. The van der Waals surface area contributed by atoms with Gasteiger partial charge in [-0.1, -0.05) is 25.4 Å².